The fourth-order valence-corrected chi connectivity index (χ4v) is 2.48. The Bertz CT molecular complexity index is 494. The van der Waals surface area contributed by atoms with E-state index in [-0.39, 0.29) is 24.0 Å². The molecule has 0 radical (unpaired) electrons. The lowest BCUT2D eigenvalue weighted by Gasteiger charge is -2.23. The zero-order chi connectivity index (χ0) is 17.2. The van der Waals surface area contributed by atoms with Gasteiger partial charge in [-0.3, -0.25) is 4.99 Å². The summed E-state index contributed by atoms with van der Waals surface area (Å²) in [6.45, 7) is 7.27. The second-order valence-corrected chi connectivity index (χ2v) is 6.61. The van der Waals surface area contributed by atoms with Crippen LogP contribution in [0.25, 0.3) is 0 Å². The molecule has 0 bridgehead atoms. The Hall–Kier alpha value is -0.530. The summed E-state index contributed by atoms with van der Waals surface area (Å²) in [5.74, 6) is 0.905. The molecule has 24 heavy (non-hydrogen) atoms. The first-order chi connectivity index (χ1) is 11.0. The van der Waals surface area contributed by atoms with Gasteiger partial charge in [0.05, 0.1) is 0 Å². The smallest absolute Gasteiger partial charge is 0.193 e. The van der Waals surface area contributed by atoms with Crippen molar-refractivity contribution in [2.75, 3.05) is 34.2 Å². The van der Waals surface area contributed by atoms with Crippen LogP contribution in [0.1, 0.15) is 32.3 Å². The van der Waals surface area contributed by atoms with Gasteiger partial charge in [-0.1, -0.05) is 29.8 Å². The summed E-state index contributed by atoms with van der Waals surface area (Å²) in [6.07, 6.45) is 2.32. The standard InChI is InChI=1S/C18H31ClN4.HI/c1-15(2)22(4)13-9-8-12-21-18(20-3)23(5)14-16-10-6-7-11-17(16)19;/h6-7,10-11,15H,8-9,12-14H2,1-5H3,(H,20,21);1H. The third kappa shape index (κ3) is 8.53. The van der Waals surface area contributed by atoms with Gasteiger partial charge in [-0.05, 0) is 51.9 Å². The highest BCUT2D eigenvalue weighted by Crippen LogP contribution is 2.16. The van der Waals surface area contributed by atoms with Crippen LogP contribution in [0.3, 0.4) is 0 Å². The number of guanidine groups is 1. The second kappa shape index (κ2) is 12.8. The zero-order valence-electron chi connectivity index (χ0n) is 15.6. The third-order valence-corrected chi connectivity index (χ3v) is 4.41. The number of nitrogens with zero attached hydrogens (tertiary/aromatic N) is 3. The highest BCUT2D eigenvalue weighted by molar-refractivity contribution is 14.0. The average molecular weight is 467 g/mol. The van der Waals surface area contributed by atoms with E-state index in [1.165, 1.54) is 6.42 Å². The van der Waals surface area contributed by atoms with Gasteiger partial charge in [-0.2, -0.15) is 0 Å². The van der Waals surface area contributed by atoms with E-state index < -0.39 is 0 Å². The van der Waals surface area contributed by atoms with E-state index in [9.17, 15) is 0 Å². The maximum Gasteiger partial charge on any atom is 0.193 e. The lowest BCUT2D eigenvalue weighted by molar-refractivity contribution is 0.268. The lowest BCUT2D eigenvalue weighted by atomic mass is 10.2. The van der Waals surface area contributed by atoms with Gasteiger partial charge in [0, 0.05) is 38.2 Å². The molecule has 1 N–H and O–H groups in total. The first-order valence-electron chi connectivity index (χ1n) is 8.31. The highest BCUT2D eigenvalue weighted by Gasteiger charge is 2.08. The SMILES string of the molecule is CN=C(NCCCCN(C)C(C)C)N(C)Cc1ccccc1Cl.I. The van der Waals surface area contributed by atoms with Gasteiger partial charge in [-0.25, -0.2) is 0 Å². The van der Waals surface area contributed by atoms with Crippen LogP contribution in [0, 0.1) is 0 Å². The number of rotatable bonds is 8. The van der Waals surface area contributed by atoms with Gasteiger partial charge in [-0.15, -0.1) is 24.0 Å². The summed E-state index contributed by atoms with van der Waals surface area (Å²) in [6, 6.07) is 8.54. The topological polar surface area (TPSA) is 30.9 Å². The van der Waals surface area contributed by atoms with Crippen LogP contribution in [0.5, 0.6) is 0 Å². The van der Waals surface area contributed by atoms with Crippen molar-refractivity contribution in [1.82, 2.24) is 15.1 Å². The Morgan fingerprint density at radius 2 is 1.88 bits per heavy atom. The Labute approximate surface area is 169 Å². The van der Waals surface area contributed by atoms with Gasteiger partial charge < -0.3 is 15.1 Å². The fourth-order valence-electron chi connectivity index (χ4n) is 2.29. The Balaban J connectivity index is 0.00000529. The minimum absolute atomic E-state index is 0. The lowest BCUT2D eigenvalue weighted by Crippen LogP contribution is -2.39. The molecule has 4 nitrogen and oxygen atoms in total. The van der Waals surface area contributed by atoms with Crippen LogP contribution in [-0.4, -0.2) is 56.0 Å². The van der Waals surface area contributed by atoms with Gasteiger partial charge in [0.1, 0.15) is 0 Å². The summed E-state index contributed by atoms with van der Waals surface area (Å²) >= 11 is 6.23. The molecule has 1 rings (SSSR count). The fraction of sp³-hybridized carbons (Fsp3) is 0.611. The van der Waals surface area contributed by atoms with Crippen LogP contribution in [-0.2, 0) is 6.54 Å². The first kappa shape index (κ1) is 23.5. The van der Waals surface area contributed by atoms with Gasteiger partial charge in [0.25, 0.3) is 0 Å². The van der Waals surface area contributed by atoms with Crippen LogP contribution in [0.15, 0.2) is 29.3 Å². The maximum absolute atomic E-state index is 6.23. The molecule has 138 valence electrons. The molecule has 6 heteroatoms. The number of hydrogen-bond donors (Lipinski definition) is 1. The molecule has 0 aliphatic rings. The zero-order valence-corrected chi connectivity index (χ0v) is 18.6. The van der Waals surface area contributed by atoms with Crippen molar-refractivity contribution in [3.05, 3.63) is 34.9 Å². The van der Waals surface area contributed by atoms with E-state index in [1.807, 2.05) is 38.4 Å². The monoisotopic (exact) mass is 466 g/mol. The third-order valence-electron chi connectivity index (χ3n) is 4.04. The van der Waals surface area contributed by atoms with Crippen molar-refractivity contribution in [2.24, 2.45) is 4.99 Å². The van der Waals surface area contributed by atoms with Crippen molar-refractivity contribution in [3.8, 4) is 0 Å². The van der Waals surface area contributed by atoms with E-state index in [0.29, 0.717) is 6.04 Å². The molecule has 0 aliphatic carbocycles. The summed E-state index contributed by atoms with van der Waals surface area (Å²) in [7, 11) is 6.03. The predicted octanol–water partition coefficient (Wildman–Crippen LogP) is 4.09. The number of aliphatic imine (C=N–C) groups is 1. The van der Waals surface area contributed by atoms with Crippen molar-refractivity contribution in [1.29, 1.82) is 0 Å². The van der Waals surface area contributed by atoms with Crippen molar-refractivity contribution >= 4 is 41.5 Å². The second-order valence-electron chi connectivity index (χ2n) is 6.20. The van der Waals surface area contributed by atoms with E-state index >= 15 is 0 Å². The van der Waals surface area contributed by atoms with Crippen molar-refractivity contribution in [3.63, 3.8) is 0 Å². The largest absolute Gasteiger partial charge is 0.356 e. The van der Waals surface area contributed by atoms with Crippen LogP contribution in [0.4, 0.5) is 0 Å². The number of benzene rings is 1. The quantitative estimate of drug-likeness (QED) is 0.271. The number of halogens is 2. The number of hydrogen-bond acceptors (Lipinski definition) is 2. The molecule has 0 aromatic heterocycles. The molecule has 1 aromatic rings. The van der Waals surface area contributed by atoms with Gasteiger partial charge >= 0.3 is 0 Å². The number of unbranched alkanes of at least 4 members (excludes halogenated alkanes) is 1. The molecule has 0 amide bonds. The molecule has 0 saturated heterocycles. The summed E-state index contributed by atoms with van der Waals surface area (Å²) in [5, 5.41) is 4.22. The molecule has 0 saturated carbocycles. The van der Waals surface area contributed by atoms with Gasteiger partial charge in [0.2, 0.25) is 0 Å². The molecular weight excluding hydrogens is 435 g/mol. The summed E-state index contributed by atoms with van der Waals surface area (Å²) in [5.41, 5.74) is 1.11. The minimum atomic E-state index is 0. The molecule has 0 atom stereocenters. The van der Waals surface area contributed by atoms with E-state index in [0.717, 1.165) is 42.6 Å². The van der Waals surface area contributed by atoms with E-state index in [2.05, 4.69) is 41.0 Å². The Morgan fingerprint density at radius 3 is 2.46 bits per heavy atom. The summed E-state index contributed by atoms with van der Waals surface area (Å²) < 4.78 is 0. The predicted molar refractivity (Wildman–Crippen MR) is 117 cm³/mol. The Morgan fingerprint density at radius 1 is 1.21 bits per heavy atom. The molecule has 0 fully saturated rings. The molecule has 1 aromatic carbocycles. The van der Waals surface area contributed by atoms with Crippen LogP contribution >= 0.6 is 35.6 Å². The maximum atomic E-state index is 6.23. The van der Waals surface area contributed by atoms with Crippen LogP contribution in [0.2, 0.25) is 5.02 Å². The van der Waals surface area contributed by atoms with Gasteiger partial charge in [0.15, 0.2) is 5.96 Å². The van der Waals surface area contributed by atoms with Crippen molar-refractivity contribution in [2.45, 2.75) is 39.3 Å². The summed E-state index contributed by atoms with van der Waals surface area (Å²) in [4.78, 5) is 8.82. The first-order valence-corrected chi connectivity index (χ1v) is 8.69. The van der Waals surface area contributed by atoms with E-state index in [1.54, 1.807) is 0 Å². The molecular formula is C18H32ClIN4. The molecule has 0 unspecified atom stereocenters. The molecule has 0 spiro atoms. The van der Waals surface area contributed by atoms with Crippen molar-refractivity contribution < 1.29 is 0 Å². The Kier molecular flexibility index (Phi) is 12.5. The van der Waals surface area contributed by atoms with E-state index in [4.69, 9.17) is 11.6 Å². The molecule has 0 heterocycles. The highest BCUT2D eigenvalue weighted by atomic mass is 127. The normalized spacial score (nSPS) is 11.6. The van der Waals surface area contributed by atoms with Crippen LogP contribution < -0.4 is 5.32 Å². The average Bonchev–Trinajstić information content (AvgIpc) is 2.52. The molecule has 0 aliphatic heterocycles. The minimum Gasteiger partial charge on any atom is -0.356 e. The number of nitrogens with one attached hydrogen (secondary N) is 1.